The van der Waals surface area contributed by atoms with E-state index in [9.17, 15) is 4.79 Å². The van der Waals surface area contributed by atoms with Crippen LogP contribution in [0.1, 0.15) is 96.8 Å². The van der Waals surface area contributed by atoms with E-state index in [0.29, 0.717) is 151 Å². The van der Waals surface area contributed by atoms with Crippen LogP contribution in [0, 0.1) is 0 Å². The molecule has 0 fully saturated rings. The van der Waals surface area contributed by atoms with Crippen LogP contribution in [-0.4, -0.2) is 151 Å². The summed E-state index contributed by atoms with van der Waals surface area (Å²) in [5.74, 6) is 0.637. The standard InChI is InChI=1S/C44H81NO13/c1-2-3-4-5-6-7-8-9-10-11-12-13-14-15-44(46)58-41-39-56-37-35-54-33-31-52-29-27-50-25-23-48-21-20-47-22-24-49-26-28-51-30-32-53-34-36-55-38-40-57-43-18-16-42(45)17-19-43/h16-19H,2-15,20-41,45H2,1H3. The van der Waals surface area contributed by atoms with Crippen LogP contribution in [0.15, 0.2) is 24.3 Å². The maximum Gasteiger partial charge on any atom is 0.305 e. The molecule has 0 saturated carbocycles. The number of ether oxygens (including phenoxy) is 12. The van der Waals surface area contributed by atoms with Crippen molar-refractivity contribution in [2.24, 2.45) is 0 Å². The first-order valence-electron chi connectivity index (χ1n) is 22.1. The number of esters is 1. The molecule has 0 atom stereocenters. The summed E-state index contributed by atoms with van der Waals surface area (Å²) >= 11 is 0. The number of nitrogen functional groups attached to an aromatic ring is 1. The lowest BCUT2D eigenvalue weighted by Crippen LogP contribution is -2.15. The fourth-order valence-electron chi connectivity index (χ4n) is 5.44. The average Bonchev–Trinajstić information content (AvgIpc) is 3.23. The summed E-state index contributed by atoms with van der Waals surface area (Å²) in [7, 11) is 0. The summed E-state index contributed by atoms with van der Waals surface area (Å²) in [4.78, 5) is 11.9. The van der Waals surface area contributed by atoms with Crippen LogP contribution in [0.5, 0.6) is 5.75 Å². The van der Waals surface area contributed by atoms with Crippen molar-refractivity contribution >= 4 is 11.7 Å². The van der Waals surface area contributed by atoms with Gasteiger partial charge in [0.2, 0.25) is 0 Å². The van der Waals surface area contributed by atoms with Gasteiger partial charge in [-0.05, 0) is 30.7 Å². The molecular formula is C44H81NO13. The number of rotatable bonds is 48. The molecule has 0 saturated heterocycles. The van der Waals surface area contributed by atoms with E-state index in [1.54, 1.807) is 12.1 Å². The van der Waals surface area contributed by atoms with Crippen LogP contribution in [0.4, 0.5) is 5.69 Å². The van der Waals surface area contributed by atoms with Gasteiger partial charge >= 0.3 is 5.97 Å². The topological polar surface area (TPSA) is 154 Å². The third-order valence-corrected chi connectivity index (χ3v) is 8.70. The van der Waals surface area contributed by atoms with Crippen molar-refractivity contribution in [3.05, 3.63) is 24.3 Å². The average molecular weight is 832 g/mol. The fraction of sp³-hybridized carbons (Fsp3) is 0.841. The van der Waals surface area contributed by atoms with E-state index in [-0.39, 0.29) is 12.6 Å². The lowest BCUT2D eigenvalue weighted by atomic mass is 10.0. The van der Waals surface area contributed by atoms with Gasteiger partial charge < -0.3 is 62.6 Å². The van der Waals surface area contributed by atoms with Gasteiger partial charge in [-0.3, -0.25) is 4.79 Å². The summed E-state index contributed by atoms with van der Waals surface area (Å²) in [5.41, 5.74) is 6.36. The Labute approximate surface area is 350 Å². The summed E-state index contributed by atoms with van der Waals surface area (Å²) in [6, 6.07) is 7.27. The summed E-state index contributed by atoms with van der Waals surface area (Å²) < 4.78 is 65.8. The first-order valence-corrected chi connectivity index (χ1v) is 22.1. The quantitative estimate of drug-likeness (QED) is 0.0414. The number of hydrogen-bond donors (Lipinski definition) is 1. The van der Waals surface area contributed by atoms with Crippen LogP contribution in [0.25, 0.3) is 0 Å². The molecule has 340 valence electrons. The third-order valence-electron chi connectivity index (χ3n) is 8.70. The molecule has 0 unspecified atom stereocenters. The molecule has 1 rings (SSSR count). The third kappa shape index (κ3) is 42.0. The molecule has 1 aromatic carbocycles. The summed E-state index contributed by atoms with van der Waals surface area (Å²) in [6.45, 7) is 12.8. The lowest BCUT2D eigenvalue weighted by molar-refractivity contribution is -0.145. The first kappa shape index (κ1) is 53.9. The zero-order valence-corrected chi connectivity index (χ0v) is 36.1. The Morgan fingerprint density at radius 1 is 0.379 bits per heavy atom. The largest absolute Gasteiger partial charge is 0.491 e. The molecule has 0 aromatic heterocycles. The second kappa shape index (κ2) is 46.0. The number of carbonyl (C=O) groups excluding carboxylic acids is 1. The molecule has 0 bridgehead atoms. The van der Waals surface area contributed by atoms with E-state index in [2.05, 4.69) is 6.92 Å². The van der Waals surface area contributed by atoms with Gasteiger partial charge in [0.15, 0.2) is 0 Å². The minimum absolute atomic E-state index is 0.133. The Bertz CT molecular complexity index is 960. The fourth-order valence-corrected chi connectivity index (χ4v) is 5.44. The van der Waals surface area contributed by atoms with E-state index >= 15 is 0 Å². The predicted molar refractivity (Wildman–Crippen MR) is 226 cm³/mol. The van der Waals surface area contributed by atoms with E-state index in [1.165, 1.54) is 70.6 Å². The minimum atomic E-state index is -0.133. The van der Waals surface area contributed by atoms with Gasteiger partial charge in [0, 0.05) is 12.1 Å². The normalized spacial score (nSPS) is 11.4. The summed E-state index contributed by atoms with van der Waals surface area (Å²) in [5, 5.41) is 0. The molecule has 0 spiro atoms. The van der Waals surface area contributed by atoms with Gasteiger partial charge in [-0.2, -0.15) is 0 Å². The first-order chi connectivity index (χ1) is 28.7. The molecule has 14 heteroatoms. The van der Waals surface area contributed by atoms with Crippen molar-refractivity contribution in [3.8, 4) is 5.75 Å². The molecule has 58 heavy (non-hydrogen) atoms. The highest BCUT2D eigenvalue weighted by Gasteiger charge is 2.03. The number of nitrogens with two attached hydrogens (primary N) is 1. The van der Waals surface area contributed by atoms with Gasteiger partial charge in [-0.25, -0.2) is 0 Å². The van der Waals surface area contributed by atoms with Crippen molar-refractivity contribution in [1.29, 1.82) is 0 Å². The van der Waals surface area contributed by atoms with Crippen LogP contribution in [0.3, 0.4) is 0 Å². The Morgan fingerprint density at radius 2 is 0.655 bits per heavy atom. The van der Waals surface area contributed by atoms with Crippen LogP contribution < -0.4 is 10.5 Å². The van der Waals surface area contributed by atoms with Gasteiger partial charge in [0.25, 0.3) is 0 Å². The van der Waals surface area contributed by atoms with E-state index in [4.69, 9.17) is 62.6 Å². The molecule has 2 N–H and O–H groups in total. The van der Waals surface area contributed by atoms with Crippen molar-refractivity contribution in [3.63, 3.8) is 0 Å². The van der Waals surface area contributed by atoms with E-state index < -0.39 is 0 Å². The number of hydrogen-bond acceptors (Lipinski definition) is 14. The van der Waals surface area contributed by atoms with Crippen LogP contribution >= 0.6 is 0 Å². The Kier molecular flexibility index (Phi) is 42.7. The molecule has 1 aromatic rings. The van der Waals surface area contributed by atoms with Crippen molar-refractivity contribution in [2.75, 3.05) is 151 Å². The molecule has 0 aliphatic heterocycles. The molecule has 0 aliphatic carbocycles. The van der Waals surface area contributed by atoms with Gasteiger partial charge in [-0.1, -0.05) is 84.0 Å². The molecule has 14 nitrogen and oxygen atoms in total. The zero-order valence-electron chi connectivity index (χ0n) is 36.1. The van der Waals surface area contributed by atoms with Crippen molar-refractivity contribution in [2.45, 2.75) is 96.8 Å². The van der Waals surface area contributed by atoms with Crippen LogP contribution in [-0.2, 0) is 56.9 Å². The highest BCUT2D eigenvalue weighted by Crippen LogP contribution is 2.14. The van der Waals surface area contributed by atoms with E-state index in [0.717, 1.165) is 18.6 Å². The Hall–Kier alpha value is -2.11. The number of unbranched alkanes of at least 4 members (excludes halogenated alkanes) is 12. The van der Waals surface area contributed by atoms with Gasteiger partial charge in [0.1, 0.15) is 19.0 Å². The molecule has 0 heterocycles. The number of anilines is 1. The lowest BCUT2D eigenvalue weighted by Gasteiger charge is -2.09. The highest BCUT2D eigenvalue weighted by atomic mass is 16.6. The van der Waals surface area contributed by atoms with Crippen molar-refractivity contribution < 1.29 is 61.6 Å². The highest BCUT2D eigenvalue weighted by molar-refractivity contribution is 5.69. The predicted octanol–water partition coefficient (Wildman–Crippen LogP) is 6.84. The second-order valence-electron chi connectivity index (χ2n) is 13.8. The van der Waals surface area contributed by atoms with Crippen molar-refractivity contribution in [1.82, 2.24) is 0 Å². The zero-order chi connectivity index (χ0) is 41.5. The maximum atomic E-state index is 11.9. The van der Waals surface area contributed by atoms with Gasteiger partial charge in [-0.15, -0.1) is 0 Å². The number of benzene rings is 1. The minimum Gasteiger partial charge on any atom is -0.491 e. The van der Waals surface area contributed by atoms with Gasteiger partial charge in [0.05, 0.1) is 132 Å². The Balaban J connectivity index is 1.63. The second-order valence-corrected chi connectivity index (χ2v) is 13.8. The maximum absolute atomic E-state index is 11.9. The molecule has 0 amide bonds. The van der Waals surface area contributed by atoms with Crippen LogP contribution in [0.2, 0.25) is 0 Å². The number of carbonyl (C=O) groups is 1. The smallest absolute Gasteiger partial charge is 0.305 e. The van der Waals surface area contributed by atoms with E-state index in [1.807, 2.05) is 12.1 Å². The SMILES string of the molecule is CCCCCCCCCCCCCCCC(=O)OCCOCCOCCOCCOCCOCCOCCOCCOCCOCCOCCOc1ccc(N)cc1. The Morgan fingerprint density at radius 3 is 0.983 bits per heavy atom. The molecule has 0 aliphatic rings. The summed E-state index contributed by atoms with van der Waals surface area (Å²) in [6.07, 6.45) is 17.3. The monoisotopic (exact) mass is 832 g/mol. The molecule has 0 radical (unpaired) electrons. The molecular weight excluding hydrogens is 750 g/mol.